The topological polar surface area (TPSA) is 126 Å². The molecule has 0 aromatic carbocycles. The number of hydrogen-bond donors (Lipinski definition) is 4. The summed E-state index contributed by atoms with van der Waals surface area (Å²) in [7, 11) is 3.20. The number of carbonyl (C=O) groups excluding carboxylic acids is 1. The van der Waals surface area contributed by atoms with Crippen molar-refractivity contribution in [3.8, 4) is 0 Å². The molecule has 0 rings (SSSR count). The summed E-state index contributed by atoms with van der Waals surface area (Å²) in [6.07, 6.45) is 6.62. The Labute approximate surface area is 187 Å². The van der Waals surface area contributed by atoms with Crippen molar-refractivity contribution in [1.82, 2.24) is 0 Å². The van der Waals surface area contributed by atoms with E-state index in [4.69, 9.17) is 24.4 Å². The highest BCUT2D eigenvalue weighted by Gasteiger charge is 2.23. The molecule has 0 bridgehead atoms. The maximum absolute atomic E-state index is 11.5. The molecule has 8 nitrogen and oxygen atoms in total. The zero-order chi connectivity index (χ0) is 23.5. The minimum absolute atomic E-state index is 0.181. The van der Waals surface area contributed by atoms with Crippen LogP contribution in [-0.2, 0) is 19.0 Å². The van der Waals surface area contributed by atoms with Gasteiger partial charge in [-0.3, -0.25) is 4.79 Å². The molecule has 0 radical (unpaired) electrons. The summed E-state index contributed by atoms with van der Waals surface area (Å²) in [6, 6.07) is 0. The summed E-state index contributed by atoms with van der Waals surface area (Å²) in [5.41, 5.74) is 0. The maximum Gasteiger partial charge on any atom is 0.305 e. The highest BCUT2D eigenvalue weighted by molar-refractivity contribution is 5.69. The van der Waals surface area contributed by atoms with Crippen LogP contribution in [0, 0.1) is 0 Å². The normalized spacial score (nSPS) is 16.5. The van der Waals surface area contributed by atoms with E-state index in [0.717, 1.165) is 44.9 Å². The van der Waals surface area contributed by atoms with Crippen molar-refractivity contribution in [1.29, 1.82) is 0 Å². The molecule has 0 aromatic rings. The lowest BCUT2D eigenvalue weighted by Gasteiger charge is -2.26. The SMILES string of the molecule is CCCCCC(OC)C(O)CCC(OC)C(O)CCCCCCC(=O)OCC(O)CO. The first-order valence-corrected chi connectivity index (χ1v) is 11.8. The molecule has 0 amide bonds. The van der Waals surface area contributed by atoms with Crippen molar-refractivity contribution in [3.05, 3.63) is 0 Å². The number of ether oxygens (including phenoxy) is 3. The van der Waals surface area contributed by atoms with Gasteiger partial charge in [-0.25, -0.2) is 0 Å². The van der Waals surface area contributed by atoms with Gasteiger partial charge in [0.1, 0.15) is 12.7 Å². The second-order valence-electron chi connectivity index (χ2n) is 8.23. The minimum Gasteiger partial charge on any atom is -0.463 e. The van der Waals surface area contributed by atoms with E-state index in [1.807, 2.05) is 0 Å². The smallest absolute Gasteiger partial charge is 0.305 e. The Balaban J connectivity index is 3.98. The second kappa shape index (κ2) is 19.9. The first-order chi connectivity index (χ1) is 14.9. The number of esters is 1. The van der Waals surface area contributed by atoms with E-state index in [1.165, 1.54) is 0 Å². The molecule has 0 aliphatic carbocycles. The second-order valence-corrected chi connectivity index (χ2v) is 8.23. The summed E-state index contributed by atoms with van der Waals surface area (Å²) in [4.78, 5) is 11.5. The Bertz CT molecular complexity index is 420. The van der Waals surface area contributed by atoms with Gasteiger partial charge < -0.3 is 34.6 Å². The Kier molecular flexibility index (Phi) is 19.4. The third kappa shape index (κ3) is 15.6. The fraction of sp³-hybridized carbons (Fsp3) is 0.957. The molecule has 0 heterocycles. The molecule has 8 heteroatoms. The average molecular weight is 451 g/mol. The standard InChI is InChI=1S/C23H46O8/c1-4-5-8-12-21(29-2)20(27)14-15-22(30-3)19(26)11-9-6-7-10-13-23(28)31-17-18(25)16-24/h18-22,24-27H,4-17H2,1-3H3. The van der Waals surface area contributed by atoms with Gasteiger partial charge in [0, 0.05) is 20.6 Å². The summed E-state index contributed by atoms with van der Waals surface area (Å²) in [5.74, 6) is -0.380. The average Bonchev–Trinajstić information content (AvgIpc) is 2.77. The third-order valence-electron chi connectivity index (χ3n) is 5.58. The van der Waals surface area contributed by atoms with Crippen molar-refractivity contribution < 1.29 is 39.4 Å². The van der Waals surface area contributed by atoms with Gasteiger partial charge in [0.15, 0.2) is 0 Å². The molecule has 5 unspecified atom stereocenters. The van der Waals surface area contributed by atoms with Crippen LogP contribution in [0.4, 0.5) is 0 Å². The largest absolute Gasteiger partial charge is 0.463 e. The highest BCUT2D eigenvalue weighted by atomic mass is 16.5. The molecular formula is C23H46O8. The van der Waals surface area contributed by atoms with Crippen LogP contribution < -0.4 is 0 Å². The first-order valence-electron chi connectivity index (χ1n) is 11.8. The van der Waals surface area contributed by atoms with Gasteiger partial charge in [-0.15, -0.1) is 0 Å². The highest BCUT2D eigenvalue weighted by Crippen LogP contribution is 2.19. The minimum atomic E-state index is -1.03. The van der Waals surface area contributed by atoms with E-state index in [9.17, 15) is 15.0 Å². The quantitative estimate of drug-likeness (QED) is 0.155. The molecule has 31 heavy (non-hydrogen) atoms. The molecule has 186 valence electrons. The maximum atomic E-state index is 11.5. The van der Waals surface area contributed by atoms with Crippen molar-refractivity contribution in [2.75, 3.05) is 27.4 Å². The monoisotopic (exact) mass is 450 g/mol. The van der Waals surface area contributed by atoms with Gasteiger partial charge >= 0.3 is 5.97 Å². The molecule has 0 saturated heterocycles. The van der Waals surface area contributed by atoms with Crippen molar-refractivity contribution in [3.63, 3.8) is 0 Å². The van der Waals surface area contributed by atoms with E-state index in [-0.39, 0.29) is 31.2 Å². The van der Waals surface area contributed by atoms with Gasteiger partial charge in [0.05, 0.1) is 31.0 Å². The predicted molar refractivity (Wildman–Crippen MR) is 119 cm³/mol. The third-order valence-corrected chi connectivity index (χ3v) is 5.58. The Morgan fingerprint density at radius 3 is 1.97 bits per heavy atom. The molecule has 0 aliphatic rings. The summed E-state index contributed by atoms with van der Waals surface area (Å²) in [6.45, 7) is 1.53. The number of aliphatic hydroxyl groups is 4. The van der Waals surface area contributed by atoms with Crippen molar-refractivity contribution in [2.45, 2.75) is 114 Å². The molecule has 0 fully saturated rings. The Morgan fingerprint density at radius 1 is 0.774 bits per heavy atom. The molecule has 4 N–H and O–H groups in total. The van der Waals surface area contributed by atoms with Crippen LogP contribution in [0.1, 0.15) is 84.0 Å². The molecule has 0 spiro atoms. The zero-order valence-electron chi connectivity index (χ0n) is 19.7. The zero-order valence-corrected chi connectivity index (χ0v) is 19.7. The van der Waals surface area contributed by atoms with Gasteiger partial charge in [-0.05, 0) is 32.1 Å². The van der Waals surface area contributed by atoms with E-state index >= 15 is 0 Å². The van der Waals surface area contributed by atoms with Gasteiger partial charge in [-0.2, -0.15) is 0 Å². The summed E-state index contributed by atoms with van der Waals surface area (Å²) in [5, 5.41) is 38.6. The van der Waals surface area contributed by atoms with E-state index in [0.29, 0.717) is 25.7 Å². The summed E-state index contributed by atoms with van der Waals surface area (Å²) < 4.78 is 15.7. The lowest BCUT2D eigenvalue weighted by molar-refractivity contribution is -0.147. The van der Waals surface area contributed by atoms with Crippen LogP contribution in [0.5, 0.6) is 0 Å². The number of methoxy groups -OCH3 is 2. The van der Waals surface area contributed by atoms with Crippen LogP contribution in [0.3, 0.4) is 0 Å². The lowest BCUT2D eigenvalue weighted by atomic mass is 9.97. The molecular weight excluding hydrogens is 404 g/mol. The number of hydrogen-bond acceptors (Lipinski definition) is 8. The Hall–Kier alpha value is -0.770. The van der Waals surface area contributed by atoms with E-state index in [1.54, 1.807) is 14.2 Å². The number of unbranched alkanes of at least 4 members (excludes halogenated alkanes) is 5. The fourth-order valence-electron chi connectivity index (χ4n) is 3.53. The number of aliphatic hydroxyl groups excluding tert-OH is 4. The van der Waals surface area contributed by atoms with Gasteiger partial charge in [0.25, 0.3) is 0 Å². The Morgan fingerprint density at radius 2 is 1.35 bits per heavy atom. The van der Waals surface area contributed by atoms with Crippen LogP contribution in [0.15, 0.2) is 0 Å². The van der Waals surface area contributed by atoms with Crippen LogP contribution in [-0.4, -0.2) is 84.3 Å². The molecule has 5 atom stereocenters. The number of carbonyl (C=O) groups is 1. The first kappa shape index (κ1) is 30.2. The van der Waals surface area contributed by atoms with Gasteiger partial charge in [-0.1, -0.05) is 45.4 Å². The lowest BCUT2D eigenvalue weighted by Crippen LogP contribution is -2.33. The fourth-order valence-corrected chi connectivity index (χ4v) is 3.53. The van der Waals surface area contributed by atoms with Crippen LogP contribution in [0.2, 0.25) is 0 Å². The van der Waals surface area contributed by atoms with Gasteiger partial charge in [0.2, 0.25) is 0 Å². The van der Waals surface area contributed by atoms with Crippen molar-refractivity contribution >= 4 is 5.97 Å². The predicted octanol–water partition coefficient (Wildman–Crippen LogP) is 2.34. The van der Waals surface area contributed by atoms with E-state index in [2.05, 4.69) is 6.92 Å². The van der Waals surface area contributed by atoms with E-state index < -0.39 is 24.9 Å². The van der Waals surface area contributed by atoms with Crippen molar-refractivity contribution in [2.24, 2.45) is 0 Å². The molecule has 0 saturated carbocycles. The summed E-state index contributed by atoms with van der Waals surface area (Å²) >= 11 is 0. The number of rotatable bonds is 21. The van der Waals surface area contributed by atoms with Crippen LogP contribution in [0.25, 0.3) is 0 Å². The molecule has 0 aromatic heterocycles. The molecule has 0 aliphatic heterocycles. The van der Waals surface area contributed by atoms with Crippen LogP contribution >= 0.6 is 0 Å².